The van der Waals surface area contributed by atoms with Gasteiger partial charge in [-0.2, -0.15) is 0 Å². The van der Waals surface area contributed by atoms with E-state index in [0.29, 0.717) is 31.9 Å². The quantitative estimate of drug-likeness (QED) is 0.546. The Hall–Kier alpha value is -3.06. The number of carbonyl (C=O) groups is 1. The van der Waals surface area contributed by atoms with Crippen LogP contribution >= 0.6 is 0 Å². The van der Waals surface area contributed by atoms with Crippen molar-refractivity contribution in [3.63, 3.8) is 0 Å². The number of carbonyl (C=O) groups excluding carboxylic acids is 1. The number of rotatable bonds is 6. The topological polar surface area (TPSA) is 76.7 Å². The van der Waals surface area contributed by atoms with Crippen LogP contribution in [0.5, 0.6) is 0 Å². The first-order valence-corrected chi connectivity index (χ1v) is 12.0. The van der Waals surface area contributed by atoms with E-state index in [0.717, 1.165) is 30.3 Å². The number of hydrogen-bond acceptors (Lipinski definition) is 4. The van der Waals surface area contributed by atoms with Crippen molar-refractivity contribution in [3.05, 3.63) is 70.2 Å². The summed E-state index contributed by atoms with van der Waals surface area (Å²) >= 11 is 0. The third-order valence-corrected chi connectivity index (χ3v) is 7.00. The Balaban J connectivity index is 1.54. The lowest BCUT2D eigenvalue weighted by Crippen LogP contribution is -2.64. The van der Waals surface area contributed by atoms with E-state index in [1.807, 2.05) is 29.2 Å². The molecule has 2 aromatic carbocycles. The number of urea groups is 1. The molecule has 1 aliphatic heterocycles. The lowest BCUT2D eigenvalue weighted by molar-refractivity contribution is -0.102. The molecule has 2 amide bonds. The van der Waals surface area contributed by atoms with Gasteiger partial charge in [-0.15, -0.1) is 0 Å². The summed E-state index contributed by atoms with van der Waals surface area (Å²) in [5.41, 5.74) is 2.42. The summed E-state index contributed by atoms with van der Waals surface area (Å²) < 4.78 is 12.9. The Morgan fingerprint density at radius 1 is 1.12 bits per heavy atom. The van der Waals surface area contributed by atoms with Crippen LogP contribution in [-0.2, 0) is 23.7 Å². The summed E-state index contributed by atoms with van der Waals surface area (Å²) in [6.07, 6.45) is 2.93. The molecule has 182 valence electrons. The van der Waals surface area contributed by atoms with E-state index in [2.05, 4.69) is 50.4 Å². The number of nitrogens with one attached hydrogen (secondary N) is 1. The van der Waals surface area contributed by atoms with Gasteiger partial charge in [-0.3, -0.25) is 4.57 Å². The van der Waals surface area contributed by atoms with Crippen molar-refractivity contribution >= 4 is 17.1 Å². The van der Waals surface area contributed by atoms with Crippen molar-refractivity contribution in [3.8, 4) is 0 Å². The second-order valence-electron chi connectivity index (χ2n) is 10.1. The number of unbranched alkanes of at least 4 members (excludes halogenated alkanes) is 1. The summed E-state index contributed by atoms with van der Waals surface area (Å²) in [6.45, 7) is 8.33. The summed E-state index contributed by atoms with van der Waals surface area (Å²) in [4.78, 5) is 27.4. The molecule has 7 nitrogen and oxygen atoms in total. The molecule has 1 N–H and O–H groups in total. The molecule has 1 saturated heterocycles. The maximum absolute atomic E-state index is 13.5. The fraction of sp³-hybridized carbons (Fsp3) is 0.481. The number of ether oxygens (including phenoxy) is 1. The number of oxazole rings is 1. The highest BCUT2D eigenvalue weighted by Crippen LogP contribution is 2.46. The zero-order valence-corrected chi connectivity index (χ0v) is 20.6. The summed E-state index contributed by atoms with van der Waals surface area (Å²) in [6, 6.07) is 16.1. The maximum Gasteiger partial charge on any atom is 0.419 e. The SMILES string of the molecule is Cn1c(=O)oc2cc(C3(C(C)(C)C)COCCN3C(=O)NCCCCc3ccccc3)ccc21. The molecule has 7 heteroatoms. The zero-order valence-electron chi connectivity index (χ0n) is 20.6. The number of morpholine rings is 1. The largest absolute Gasteiger partial charge is 0.419 e. The monoisotopic (exact) mass is 465 g/mol. The van der Waals surface area contributed by atoms with Crippen molar-refractivity contribution < 1.29 is 13.9 Å². The number of hydrogen-bond donors (Lipinski definition) is 1. The van der Waals surface area contributed by atoms with Gasteiger partial charge in [-0.1, -0.05) is 57.2 Å². The van der Waals surface area contributed by atoms with Crippen molar-refractivity contribution in [2.24, 2.45) is 12.5 Å². The van der Waals surface area contributed by atoms with Crippen LogP contribution in [0.2, 0.25) is 0 Å². The Morgan fingerprint density at radius 2 is 1.88 bits per heavy atom. The number of aryl methyl sites for hydroxylation is 2. The highest BCUT2D eigenvalue weighted by Gasteiger charge is 2.52. The van der Waals surface area contributed by atoms with Gasteiger partial charge in [-0.05, 0) is 47.9 Å². The summed E-state index contributed by atoms with van der Waals surface area (Å²) in [5.74, 6) is -0.401. The molecule has 2 heterocycles. The van der Waals surface area contributed by atoms with E-state index in [9.17, 15) is 9.59 Å². The average molecular weight is 466 g/mol. The van der Waals surface area contributed by atoms with Crippen LogP contribution in [0.1, 0.15) is 44.7 Å². The first-order chi connectivity index (χ1) is 16.2. The van der Waals surface area contributed by atoms with E-state index in [1.165, 1.54) is 10.1 Å². The third kappa shape index (κ3) is 4.49. The standard InChI is InChI=1S/C27H35N3O4/c1-26(2,3)27(21-13-14-22-23(18-21)34-25(32)29(22)4)19-33-17-16-30(27)24(31)28-15-9-8-12-20-10-6-5-7-11-20/h5-7,10-11,13-14,18H,8-9,12,15-17,19H2,1-4H3,(H,28,31). The smallest absolute Gasteiger partial charge is 0.408 e. The maximum atomic E-state index is 13.5. The molecule has 1 aromatic heterocycles. The van der Waals surface area contributed by atoms with Crippen molar-refractivity contribution in [2.75, 3.05) is 26.3 Å². The minimum Gasteiger partial charge on any atom is -0.408 e. The first kappa shape index (κ1) is 24.1. The molecule has 1 fully saturated rings. The molecule has 0 saturated carbocycles. The normalized spacial score (nSPS) is 18.9. The van der Waals surface area contributed by atoms with E-state index >= 15 is 0 Å². The van der Waals surface area contributed by atoms with Crippen LogP contribution in [0.15, 0.2) is 57.7 Å². The molecule has 1 unspecified atom stereocenters. The van der Waals surface area contributed by atoms with Crippen molar-refractivity contribution in [1.82, 2.24) is 14.8 Å². The Kier molecular flexibility index (Phi) is 6.84. The highest BCUT2D eigenvalue weighted by molar-refractivity contribution is 5.77. The highest BCUT2D eigenvalue weighted by atomic mass is 16.5. The third-order valence-electron chi connectivity index (χ3n) is 7.00. The second-order valence-corrected chi connectivity index (χ2v) is 10.1. The molecule has 4 rings (SSSR count). The van der Waals surface area contributed by atoms with Crippen LogP contribution < -0.4 is 11.1 Å². The fourth-order valence-corrected chi connectivity index (χ4v) is 4.99. The Bertz CT molecular complexity index is 1190. The predicted octanol–water partition coefficient (Wildman–Crippen LogP) is 4.44. The fourth-order valence-electron chi connectivity index (χ4n) is 4.99. The number of amides is 2. The van der Waals surface area contributed by atoms with Gasteiger partial charge in [0.15, 0.2) is 5.58 Å². The summed E-state index contributed by atoms with van der Waals surface area (Å²) in [5, 5.41) is 3.14. The van der Waals surface area contributed by atoms with Gasteiger partial charge in [0.05, 0.1) is 24.3 Å². The van der Waals surface area contributed by atoms with Crippen LogP contribution in [0.25, 0.3) is 11.1 Å². The molecule has 0 spiro atoms. The average Bonchev–Trinajstić information content (AvgIpc) is 3.11. The predicted molar refractivity (Wildman–Crippen MR) is 133 cm³/mol. The lowest BCUT2D eigenvalue weighted by atomic mass is 9.68. The Labute approximate surface area is 200 Å². The van der Waals surface area contributed by atoms with Crippen LogP contribution in [0.4, 0.5) is 4.79 Å². The molecule has 0 aliphatic carbocycles. The van der Waals surface area contributed by atoms with Gasteiger partial charge in [0.1, 0.15) is 0 Å². The lowest BCUT2D eigenvalue weighted by Gasteiger charge is -2.54. The molecular weight excluding hydrogens is 430 g/mol. The van der Waals surface area contributed by atoms with E-state index in [-0.39, 0.29) is 11.4 Å². The number of fused-ring (bicyclic) bond motifs is 1. The first-order valence-electron chi connectivity index (χ1n) is 12.0. The number of benzene rings is 2. The molecule has 0 radical (unpaired) electrons. The van der Waals surface area contributed by atoms with E-state index < -0.39 is 11.3 Å². The number of aromatic nitrogens is 1. The minimum atomic E-state index is -0.706. The molecule has 1 atom stereocenters. The van der Waals surface area contributed by atoms with Gasteiger partial charge in [0.2, 0.25) is 0 Å². The van der Waals surface area contributed by atoms with Gasteiger partial charge >= 0.3 is 11.8 Å². The van der Waals surface area contributed by atoms with E-state index in [1.54, 1.807) is 7.05 Å². The van der Waals surface area contributed by atoms with Gasteiger partial charge < -0.3 is 19.4 Å². The summed E-state index contributed by atoms with van der Waals surface area (Å²) in [7, 11) is 1.69. The molecule has 1 aliphatic rings. The van der Waals surface area contributed by atoms with Gasteiger partial charge in [-0.25, -0.2) is 9.59 Å². The molecule has 0 bridgehead atoms. The van der Waals surface area contributed by atoms with E-state index in [4.69, 9.17) is 9.15 Å². The number of nitrogens with zero attached hydrogens (tertiary/aromatic N) is 2. The van der Waals surface area contributed by atoms with Crippen molar-refractivity contribution in [2.45, 2.75) is 45.6 Å². The molecule has 3 aromatic rings. The minimum absolute atomic E-state index is 0.0902. The van der Waals surface area contributed by atoms with Crippen molar-refractivity contribution in [1.29, 1.82) is 0 Å². The van der Waals surface area contributed by atoms with Crippen LogP contribution in [0, 0.1) is 5.41 Å². The van der Waals surface area contributed by atoms with Gasteiger partial charge in [0.25, 0.3) is 0 Å². The van der Waals surface area contributed by atoms with Gasteiger partial charge in [0, 0.05) is 20.1 Å². The van der Waals surface area contributed by atoms with Crippen LogP contribution in [-0.4, -0.2) is 41.8 Å². The Morgan fingerprint density at radius 3 is 2.62 bits per heavy atom. The zero-order chi connectivity index (χ0) is 24.3. The molecular formula is C27H35N3O4. The van der Waals surface area contributed by atoms with Crippen LogP contribution in [0.3, 0.4) is 0 Å². The molecule has 34 heavy (non-hydrogen) atoms. The second kappa shape index (κ2) is 9.66.